The number of rotatable bonds is 3. The van der Waals surface area contributed by atoms with Crippen molar-refractivity contribution in [3.8, 4) is 5.75 Å². The highest BCUT2D eigenvalue weighted by molar-refractivity contribution is 5.40. The Morgan fingerprint density at radius 1 is 1.29 bits per heavy atom. The van der Waals surface area contributed by atoms with Gasteiger partial charge in [0.05, 0.1) is 7.11 Å². The Morgan fingerprint density at radius 3 is 2.90 bits per heavy atom. The molecule has 3 rings (SSSR count). The molecule has 21 heavy (non-hydrogen) atoms. The smallest absolute Gasteiger partial charge is 0.119 e. The van der Waals surface area contributed by atoms with Crippen molar-refractivity contribution >= 4 is 0 Å². The van der Waals surface area contributed by atoms with E-state index in [1.165, 1.54) is 49.8 Å². The number of hydrogen-bond donors (Lipinski definition) is 1. The van der Waals surface area contributed by atoms with E-state index in [0.717, 1.165) is 18.2 Å². The van der Waals surface area contributed by atoms with E-state index in [2.05, 4.69) is 30.0 Å². The fourth-order valence-corrected chi connectivity index (χ4v) is 4.21. The third-order valence-corrected chi connectivity index (χ3v) is 5.40. The molecule has 1 aromatic carbocycles. The predicted octanol–water partition coefficient (Wildman–Crippen LogP) is 3.27. The summed E-state index contributed by atoms with van der Waals surface area (Å²) < 4.78 is 5.34. The van der Waals surface area contributed by atoms with Crippen LogP contribution in [0.3, 0.4) is 0 Å². The third kappa shape index (κ3) is 2.82. The van der Waals surface area contributed by atoms with Crippen LogP contribution in [0.15, 0.2) is 18.2 Å². The van der Waals surface area contributed by atoms with E-state index in [1.807, 2.05) is 0 Å². The molecule has 1 heterocycles. The van der Waals surface area contributed by atoms with E-state index in [1.54, 1.807) is 7.11 Å². The summed E-state index contributed by atoms with van der Waals surface area (Å²) in [5.74, 6) is 0.948. The minimum Gasteiger partial charge on any atom is -0.497 e. The van der Waals surface area contributed by atoms with Crippen molar-refractivity contribution in [1.82, 2.24) is 4.90 Å². The molecular formula is C18H28N2O. The standard InChI is InChI=1S/C18H28N2O/c1-3-14-6-4-5-11-20(14)17-10-7-13-12-15(21-2)8-9-16(13)18(17)19/h8-9,12,14,17-18H,3-7,10-11,19H2,1-2H3. The van der Waals surface area contributed by atoms with Crippen LogP contribution in [0.5, 0.6) is 5.75 Å². The lowest BCUT2D eigenvalue weighted by Gasteiger charge is -2.45. The molecule has 3 heteroatoms. The third-order valence-electron chi connectivity index (χ3n) is 5.40. The maximum atomic E-state index is 6.65. The summed E-state index contributed by atoms with van der Waals surface area (Å²) in [5, 5.41) is 0. The average molecular weight is 288 g/mol. The molecule has 2 N–H and O–H groups in total. The molecule has 0 amide bonds. The molecule has 1 fully saturated rings. The van der Waals surface area contributed by atoms with E-state index < -0.39 is 0 Å². The SMILES string of the molecule is CCC1CCCCN1C1CCc2cc(OC)ccc2C1N. The first kappa shape index (κ1) is 14.9. The van der Waals surface area contributed by atoms with Crippen LogP contribution in [-0.2, 0) is 6.42 Å². The summed E-state index contributed by atoms with van der Waals surface area (Å²) in [6.07, 6.45) is 7.60. The number of aryl methyl sites for hydroxylation is 1. The van der Waals surface area contributed by atoms with E-state index in [9.17, 15) is 0 Å². The number of likely N-dealkylation sites (tertiary alicyclic amines) is 1. The quantitative estimate of drug-likeness (QED) is 0.927. The fraction of sp³-hybridized carbons (Fsp3) is 0.667. The summed E-state index contributed by atoms with van der Waals surface area (Å²) in [7, 11) is 1.73. The Bertz CT molecular complexity index is 488. The molecule has 0 bridgehead atoms. The molecule has 0 radical (unpaired) electrons. The summed E-state index contributed by atoms with van der Waals surface area (Å²) in [4.78, 5) is 2.71. The molecule has 2 aliphatic rings. The minimum atomic E-state index is 0.145. The zero-order valence-electron chi connectivity index (χ0n) is 13.3. The van der Waals surface area contributed by atoms with Crippen LogP contribution in [0.25, 0.3) is 0 Å². The highest BCUT2D eigenvalue weighted by Crippen LogP contribution is 2.36. The van der Waals surface area contributed by atoms with Crippen LogP contribution in [-0.4, -0.2) is 30.6 Å². The number of methoxy groups -OCH3 is 1. The van der Waals surface area contributed by atoms with Crippen molar-refractivity contribution in [2.75, 3.05) is 13.7 Å². The maximum absolute atomic E-state index is 6.65. The Hall–Kier alpha value is -1.06. The summed E-state index contributed by atoms with van der Waals surface area (Å²) in [5.41, 5.74) is 9.35. The molecule has 116 valence electrons. The highest BCUT2D eigenvalue weighted by Gasteiger charge is 2.35. The van der Waals surface area contributed by atoms with Crippen molar-refractivity contribution in [3.63, 3.8) is 0 Å². The van der Waals surface area contributed by atoms with Gasteiger partial charge in [-0.25, -0.2) is 0 Å². The van der Waals surface area contributed by atoms with Gasteiger partial charge in [-0.05, 0) is 61.9 Å². The summed E-state index contributed by atoms with van der Waals surface area (Å²) >= 11 is 0. The van der Waals surface area contributed by atoms with Gasteiger partial charge in [-0.3, -0.25) is 4.90 Å². The van der Waals surface area contributed by atoms with Gasteiger partial charge in [-0.1, -0.05) is 19.4 Å². The first-order chi connectivity index (χ1) is 10.2. The van der Waals surface area contributed by atoms with E-state index in [0.29, 0.717) is 6.04 Å². The van der Waals surface area contributed by atoms with E-state index >= 15 is 0 Å². The molecule has 1 saturated heterocycles. The fourth-order valence-electron chi connectivity index (χ4n) is 4.21. The van der Waals surface area contributed by atoms with Gasteiger partial charge in [0, 0.05) is 18.1 Å². The Kier molecular flexibility index (Phi) is 4.51. The van der Waals surface area contributed by atoms with Gasteiger partial charge >= 0.3 is 0 Å². The first-order valence-electron chi connectivity index (χ1n) is 8.42. The minimum absolute atomic E-state index is 0.145. The van der Waals surface area contributed by atoms with E-state index in [-0.39, 0.29) is 6.04 Å². The summed E-state index contributed by atoms with van der Waals surface area (Å²) in [6, 6.07) is 7.78. The Labute approximate surface area is 128 Å². The van der Waals surface area contributed by atoms with Crippen molar-refractivity contribution in [3.05, 3.63) is 29.3 Å². The van der Waals surface area contributed by atoms with Crippen LogP contribution in [0, 0.1) is 0 Å². The Balaban J connectivity index is 1.82. The number of nitrogens with two attached hydrogens (primary N) is 1. The molecule has 0 spiro atoms. The zero-order valence-corrected chi connectivity index (χ0v) is 13.3. The van der Waals surface area contributed by atoms with E-state index in [4.69, 9.17) is 10.5 Å². The van der Waals surface area contributed by atoms with Crippen LogP contribution in [0.4, 0.5) is 0 Å². The van der Waals surface area contributed by atoms with Gasteiger partial charge in [0.2, 0.25) is 0 Å². The molecule has 1 aliphatic carbocycles. The lowest BCUT2D eigenvalue weighted by molar-refractivity contribution is 0.0683. The second kappa shape index (κ2) is 6.37. The van der Waals surface area contributed by atoms with Gasteiger partial charge in [0.1, 0.15) is 5.75 Å². The van der Waals surface area contributed by atoms with Gasteiger partial charge in [-0.15, -0.1) is 0 Å². The molecule has 0 aromatic heterocycles. The number of benzene rings is 1. The van der Waals surface area contributed by atoms with Gasteiger partial charge in [0.25, 0.3) is 0 Å². The van der Waals surface area contributed by atoms with Crippen molar-refractivity contribution in [1.29, 1.82) is 0 Å². The topological polar surface area (TPSA) is 38.5 Å². The molecule has 0 saturated carbocycles. The molecule has 3 unspecified atom stereocenters. The largest absolute Gasteiger partial charge is 0.497 e. The van der Waals surface area contributed by atoms with Crippen LogP contribution in [0.1, 0.15) is 56.2 Å². The number of hydrogen-bond acceptors (Lipinski definition) is 3. The van der Waals surface area contributed by atoms with Gasteiger partial charge in [-0.2, -0.15) is 0 Å². The molecule has 1 aromatic rings. The second-order valence-electron chi connectivity index (χ2n) is 6.49. The van der Waals surface area contributed by atoms with Gasteiger partial charge < -0.3 is 10.5 Å². The van der Waals surface area contributed by atoms with Crippen LogP contribution >= 0.6 is 0 Å². The zero-order chi connectivity index (χ0) is 14.8. The lowest BCUT2D eigenvalue weighted by Crippen LogP contribution is -2.51. The van der Waals surface area contributed by atoms with Gasteiger partial charge in [0.15, 0.2) is 0 Å². The lowest BCUT2D eigenvalue weighted by atomic mass is 9.82. The normalized spacial score (nSPS) is 30.0. The predicted molar refractivity (Wildman–Crippen MR) is 86.7 cm³/mol. The number of fused-ring (bicyclic) bond motifs is 1. The number of nitrogens with zero attached hydrogens (tertiary/aromatic N) is 1. The molecular weight excluding hydrogens is 260 g/mol. The monoisotopic (exact) mass is 288 g/mol. The second-order valence-corrected chi connectivity index (χ2v) is 6.49. The van der Waals surface area contributed by atoms with Crippen molar-refractivity contribution in [2.45, 2.75) is 63.6 Å². The number of piperidine rings is 1. The maximum Gasteiger partial charge on any atom is 0.119 e. The van der Waals surface area contributed by atoms with Crippen molar-refractivity contribution in [2.24, 2.45) is 5.73 Å². The average Bonchev–Trinajstić information content (AvgIpc) is 2.55. The highest BCUT2D eigenvalue weighted by atomic mass is 16.5. The molecule has 1 aliphatic heterocycles. The summed E-state index contributed by atoms with van der Waals surface area (Å²) in [6.45, 7) is 3.54. The van der Waals surface area contributed by atoms with Crippen molar-refractivity contribution < 1.29 is 4.74 Å². The first-order valence-corrected chi connectivity index (χ1v) is 8.42. The van der Waals surface area contributed by atoms with Crippen LogP contribution in [0.2, 0.25) is 0 Å². The number of ether oxygens (including phenoxy) is 1. The Morgan fingerprint density at radius 2 is 2.14 bits per heavy atom. The molecule has 3 atom stereocenters. The molecule has 3 nitrogen and oxygen atoms in total. The van der Waals surface area contributed by atoms with Crippen LogP contribution < -0.4 is 10.5 Å².